The molecule has 1 aliphatic rings. The Kier molecular flexibility index (Phi) is 3.31. The topological polar surface area (TPSA) is 77.1 Å². The van der Waals surface area contributed by atoms with E-state index in [-0.39, 0.29) is 28.6 Å². The normalized spacial score (nSPS) is 14.9. The Hall–Kier alpha value is -2.11. The molecular weight excluding hydrogens is 270 g/mol. The molecule has 0 saturated heterocycles. The summed E-state index contributed by atoms with van der Waals surface area (Å²) in [6, 6.07) is 0.233. The largest absolute Gasteiger partial charge is 0.442 e. The van der Waals surface area contributed by atoms with Crippen molar-refractivity contribution in [2.24, 2.45) is 5.92 Å². The van der Waals surface area contributed by atoms with Crippen LogP contribution in [-0.4, -0.2) is 21.5 Å². The first kappa shape index (κ1) is 13.9. The van der Waals surface area contributed by atoms with Crippen LogP contribution in [0.15, 0.2) is 15.5 Å². The number of hydrogen-bond acceptors (Lipinski definition) is 4. The Balaban J connectivity index is 2.11. The molecule has 1 aliphatic carbocycles. The molecule has 0 unspecified atom stereocenters. The molecule has 6 heteroatoms. The molecule has 3 rings (SSSR count). The Morgan fingerprint density at radius 1 is 1.52 bits per heavy atom. The molecule has 112 valence electrons. The second-order valence-corrected chi connectivity index (χ2v) is 6.06. The van der Waals surface area contributed by atoms with Crippen molar-refractivity contribution in [3.8, 4) is 0 Å². The van der Waals surface area contributed by atoms with Crippen LogP contribution in [0.2, 0.25) is 0 Å². The van der Waals surface area contributed by atoms with Gasteiger partial charge < -0.3 is 9.73 Å². The van der Waals surface area contributed by atoms with Crippen LogP contribution in [0.4, 0.5) is 0 Å². The summed E-state index contributed by atoms with van der Waals surface area (Å²) < 4.78 is 7.02. The van der Waals surface area contributed by atoms with Crippen molar-refractivity contribution in [1.29, 1.82) is 0 Å². The minimum atomic E-state index is -0.241. The molecule has 2 aromatic rings. The van der Waals surface area contributed by atoms with Gasteiger partial charge in [0.05, 0.1) is 5.56 Å². The van der Waals surface area contributed by atoms with Crippen molar-refractivity contribution in [2.45, 2.75) is 46.2 Å². The predicted octanol–water partition coefficient (Wildman–Crippen LogP) is 1.85. The molecule has 0 spiro atoms. The summed E-state index contributed by atoms with van der Waals surface area (Å²) in [5.74, 6) is 0.517. The lowest BCUT2D eigenvalue weighted by Gasteiger charge is -2.07. The monoisotopic (exact) mass is 289 g/mol. The first-order valence-electron chi connectivity index (χ1n) is 7.26. The van der Waals surface area contributed by atoms with E-state index in [1.807, 2.05) is 13.8 Å². The van der Waals surface area contributed by atoms with Crippen molar-refractivity contribution < 1.29 is 9.21 Å². The molecule has 0 bridgehead atoms. The van der Waals surface area contributed by atoms with E-state index in [9.17, 15) is 9.59 Å². The van der Waals surface area contributed by atoms with Crippen molar-refractivity contribution in [2.75, 3.05) is 0 Å². The predicted molar refractivity (Wildman–Crippen MR) is 78.3 cm³/mol. The van der Waals surface area contributed by atoms with Crippen molar-refractivity contribution in [3.05, 3.63) is 28.0 Å². The molecule has 2 heterocycles. The van der Waals surface area contributed by atoms with Gasteiger partial charge in [-0.2, -0.15) is 0 Å². The highest BCUT2D eigenvalue weighted by molar-refractivity contribution is 6.06. The van der Waals surface area contributed by atoms with E-state index in [1.165, 1.54) is 10.9 Å². The minimum Gasteiger partial charge on any atom is -0.442 e. The van der Waals surface area contributed by atoms with Crippen LogP contribution in [0.3, 0.4) is 0 Å². The van der Waals surface area contributed by atoms with E-state index in [0.29, 0.717) is 23.8 Å². The lowest BCUT2D eigenvalue weighted by Crippen LogP contribution is -2.28. The van der Waals surface area contributed by atoms with Crippen LogP contribution >= 0.6 is 0 Å². The molecular formula is C15H19N3O3. The van der Waals surface area contributed by atoms with E-state index < -0.39 is 0 Å². The SMILES string of the molecule is Cc1oc2ncn(CC(C)C)c(=O)c2c1C(=O)NC1CC1. The van der Waals surface area contributed by atoms with Crippen molar-refractivity contribution in [1.82, 2.24) is 14.9 Å². The lowest BCUT2D eigenvalue weighted by molar-refractivity contribution is 0.0951. The maximum atomic E-state index is 12.6. The zero-order valence-corrected chi connectivity index (χ0v) is 12.5. The van der Waals surface area contributed by atoms with Gasteiger partial charge in [-0.3, -0.25) is 14.2 Å². The zero-order valence-electron chi connectivity index (χ0n) is 12.5. The van der Waals surface area contributed by atoms with Crippen molar-refractivity contribution in [3.63, 3.8) is 0 Å². The molecule has 0 aliphatic heterocycles. The Labute approximate surface area is 122 Å². The molecule has 0 atom stereocenters. The smallest absolute Gasteiger partial charge is 0.265 e. The summed E-state index contributed by atoms with van der Waals surface area (Å²) in [5.41, 5.74) is 0.345. The average Bonchev–Trinajstić information content (AvgIpc) is 3.13. The summed E-state index contributed by atoms with van der Waals surface area (Å²) >= 11 is 0. The first-order chi connectivity index (χ1) is 9.97. The fraction of sp³-hybridized carbons (Fsp3) is 0.533. The van der Waals surface area contributed by atoms with Gasteiger partial charge in [0.2, 0.25) is 5.71 Å². The van der Waals surface area contributed by atoms with Gasteiger partial charge in [0.1, 0.15) is 17.5 Å². The quantitative estimate of drug-likeness (QED) is 0.931. The number of aromatic nitrogens is 2. The van der Waals surface area contributed by atoms with Crippen LogP contribution in [0.5, 0.6) is 0 Å². The van der Waals surface area contributed by atoms with E-state index in [1.54, 1.807) is 6.92 Å². The fourth-order valence-corrected chi connectivity index (χ4v) is 2.42. The molecule has 1 saturated carbocycles. The lowest BCUT2D eigenvalue weighted by atomic mass is 10.1. The average molecular weight is 289 g/mol. The maximum absolute atomic E-state index is 12.6. The summed E-state index contributed by atoms with van der Waals surface area (Å²) in [6.45, 7) is 6.31. The number of fused-ring (bicyclic) bond motifs is 1. The van der Waals surface area contributed by atoms with Gasteiger partial charge in [0.15, 0.2) is 0 Å². The Bertz CT molecular complexity index is 753. The number of furan rings is 1. The third-order valence-corrected chi connectivity index (χ3v) is 3.56. The van der Waals surface area contributed by atoms with Crippen LogP contribution in [0.1, 0.15) is 42.8 Å². The van der Waals surface area contributed by atoms with Crippen molar-refractivity contribution >= 4 is 17.0 Å². The summed E-state index contributed by atoms with van der Waals surface area (Å²) in [7, 11) is 0. The molecule has 0 aromatic carbocycles. The highest BCUT2D eigenvalue weighted by Crippen LogP contribution is 2.24. The summed E-state index contributed by atoms with van der Waals surface area (Å²) in [6.07, 6.45) is 3.48. The minimum absolute atomic E-state index is 0.216. The Morgan fingerprint density at radius 2 is 2.24 bits per heavy atom. The van der Waals surface area contributed by atoms with Gasteiger partial charge in [-0.1, -0.05) is 13.8 Å². The second-order valence-electron chi connectivity index (χ2n) is 6.06. The van der Waals surface area contributed by atoms with Gasteiger partial charge in [-0.05, 0) is 25.7 Å². The van der Waals surface area contributed by atoms with Crippen LogP contribution in [0, 0.1) is 12.8 Å². The molecule has 1 N–H and O–H groups in total. The number of rotatable bonds is 4. The number of carbonyl (C=O) groups excluding carboxylic acids is 1. The van der Waals surface area contributed by atoms with E-state index in [0.717, 1.165) is 12.8 Å². The maximum Gasteiger partial charge on any atom is 0.265 e. The van der Waals surface area contributed by atoms with Crippen LogP contribution in [0.25, 0.3) is 11.1 Å². The highest BCUT2D eigenvalue weighted by Gasteiger charge is 2.28. The number of aryl methyl sites for hydroxylation is 1. The Morgan fingerprint density at radius 3 is 2.86 bits per heavy atom. The third-order valence-electron chi connectivity index (χ3n) is 3.56. The van der Waals surface area contributed by atoms with E-state index >= 15 is 0 Å². The molecule has 1 amide bonds. The summed E-state index contributed by atoms with van der Waals surface area (Å²) in [5, 5.41) is 3.19. The third kappa shape index (κ3) is 2.57. The second kappa shape index (κ2) is 5.02. The number of nitrogens with one attached hydrogen (secondary N) is 1. The van der Waals surface area contributed by atoms with Gasteiger partial charge in [-0.15, -0.1) is 0 Å². The molecule has 0 radical (unpaired) electrons. The van der Waals surface area contributed by atoms with Gasteiger partial charge >= 0.3 is 0 Å². The number of amides is 1. The van der Waals surface area contributed by atoms with Gasteiger partial charge in [0.25, 0.3) is 11.5 Å². The molecule has 1 fully saturated rings. The van der Waals surface area contributed by atoms with E-state index in [2.05, 4.69) is 10.3 Å². The molecule has 6 nitrogen and oxygen atoms in total. The van der Waals surface area contributed by atoms with Crippen LogP contribution < -0.4 is 10.9 Å². The highest BCUT2D eigenvalue weighted by atomic mass is 16.3. The van der Waals surface area contributed by atoms with Gasteiger partial charge in [0, 0.05) is 12.6 Å². The molecule has 2 aromatic heterocycles. The summed E-state index contributed by atoms with van der Waals surface area (Å²) in [4.78, 5) is 29.1. The molecule has 21 heavy (non-hydrogen) atoms. The first-order valence-corrected chi connectivity index (χ1v) is 7.26. The number of hydrogen-bond donors (Lipinski definition) is 1. The zero-order chi connectivity index (χ0) is 15.1. The van der Waals surface area contributed by atoms with Crippen LogP contribution in [-0.2, 0) is 6.54 Å². The standard InChI is InChI=1S/C15H19N3O3/c1-8(2)6-18-7-16-14-12(15(18)20)11(9(3)21-14)13(19)17-10-4-5-10/h7-8,10H,4-6H2,1-3H3,(H,17,19). The number of nitrogens with zero attached hydrogens (tertiary/aromatic N) is 2. The fourth-order valence-electron chi connectivity index (χ4n) is 2.42. The van der Waals surface area contributed by atoms with Gasteiger partial charge in [-0.25, -0.2) is 4.98 Å². The number of carbonyl (C=O) groups is 1. The van der Waals surface area contributed by atoms with E-state index in [4.69, 9.17) is 4.42 Å².